The minimum absolute atomic E-state index is 0. The fraction of sp³-hybridized carbons (Fsp3) is 0.409. The lowest BCUT2D eigenvalue weighted by Gasteiger charge is -2.44. The van der Waals surface area contributed by atoms with Crippen LogP contribution in [0, 0.1) is 5.82 Å². The molecule has 0 aromatic heterocycles. The van der Waals surface area contributed by atoms with E-state index in [1.54, 1.807) is 18.0 Å². The molecule has 2 aromatic carbocycles. The molecule has 2 aromatic rings. The number of hydrogen-bond acceptors (Lipinski definition) is 3. The molecule has 1 N–H and O–H groups in total. The summed E-state index contributed by atoms with van der Waals surface area (Å²) in [7, 11) is 1.80. The van der Waals surface area contributed by atoms with Crippen LogP contribution in [0.2, 0.25) is 5.02 Å². The first-order valence-corrected chi connectivity index (χ1v) is 10.1. The van der Waals surface area contributed by atoms with Crippen molar-refractivity contribution in [1.82, 2.24) is 15.1 Å². The molecule has 1 atom stereocenters. The first-order valence-electron chi connectivity index (χ1n) is 9.75. The summed E-state index contributed by atoms with van der Waals surface area (Å²) < 4.78 is 13.7. The molecule has 1 fully saturated rings. The number of carbonyl (C=O) groups is 1. The van der Waals surface area contributed by atoms with Crippen LogP contribution in [0.4, 0.5) is 4.39 Å². The highest BCUT2D eigenvalue weighted by atomic mass is 35.5. The van der Waals surface area contributed by atoms with Gasteiger partial charge >= 0.3 is 0 Å². The highest BCUT2D eigenvalue weighted by Gasteiger charge is 2.50. The number of aryl methyl sites for hydroxylation is 1. The summed E-state index contributed by atoms with van der Waals surface area (Å²) >= 11 is 6.00. The Bertz CT molecular complexity index is 871. The van der Waals surface area contributed by atoms with Crippen molar-refractivity contribution in [1.29, 1.82) is 0 Å². The number of nitrogens with one attached hydrogen (secondary N) is 1. The third-order valence-corrected chi connectivity index (χ3v) is 6.14. The SMILES string of the molecule is CN(Cc1cc(F)cc(Cl)c1)C(=O)C1(N2CCNCC2)CCc2ccccc21.Cl.Cl. The Morgan fingerprint density at radius 3 is 2.60 bits per heavy atom. The third kappa shape index (κ3) is 4.61. The maximum Gasteiger partial charge on any atom is 0.247 e. The number of likely N-dealkylation sites (N-methyl/N-ethyl adjacent to an activating group) is 1. The molecule has 2 aliphatic rings. The zero-order valence-electron chi connectivity index (χ0n) is 16.9. The van der Waals surface area contributed by atoms with Crippen molar-refractivity contribution in [2.24, 2.45) is 0 Å². The van der Waals surface area contributed by atoms with Gasteiger partial charge in [-0.25, -0.2) is 4.39 Å². The second-order valence-corrected chi connectivity index (χ2v) is 8.13. The zero-order chi connectivity index (χ0) is 19.7. The second kappa shape index (κ2) is 10.3. The number of benzene rings is 2. The maximum absolute atomic E-state index is 13.8. The van der Waals surface area contributed by atoms with Crippen LogP contribution in [-0.4, -0.2) is 48.9 Å². The van der Waals surface area contributed by atoms with E-state index >= 15 is 0 Å². The van der Waals surface area contributed by atoms with Crippen LogP contribution in [0.5, 0.6) is 0 Å². The van der Waals surface area contributed by atoms with Gasteiger partial charge in [0.2, 0.25) is 5.91 Å². The lowest BCUT2D eigenvalue weighted by molar-refractivity contribution is -0.145. The van der Waals surface area contributed by atoms with E-state index in [1.807, 2.05) is 12.1 Å². The Morgan fingerprint density at radius 1 is 1.20 bits per heavy atom. The Hall–Kier alpha value is -1.37. The van der Waals surface area contributed by atoms with Crippen LogP contribution in [0.3, 0.4) is 0 Å². The van der Waals surface area contributed by atoms with Gasteiger partial charge in [0.15, 0.2) is 0 Å². The van der Waals surface area contributed by atoms with Crippen molar-refractivity contribution in [2.45, 2.75) is 24.9 Å². The van der Waals surface area contributed by atoms with E-state index in [1.165, 1.54) is 17.7 Å². The Labute approximate surface area is 194 Å². The van der Waals surface area contributed by atoms with Crippen LogP contribution >= 0.6 is 36.4 Å². The molecule has 4 rings (SSSR count). The maximum atomic E-state index is 13.8. The number of piperazine rings is 1. The molecule has 4 nitrogen and oxygen atoms in total. The van der Waals surface area contributed by atoms with E-state index in [0.29, 0.717) is 17.1 Å². The Morgan fingerprint density at radius 2 is 1.90 bits per heavy atom. The fourth-order valence-corrected chi connectivity index (χ4v) is 4.93. The molecule has 0 radical (unpaired) electrons. The van der Waals surface area contributed by atoms with E-state index in [9.17, 15) is 9.18 Å². The highest BCUT2D eigenvalue weighted by Crippen LogP contribution is 2.43. The van der Waals surface area contributed by atoms with Crippen LogP contribution in [0.25, 0.3) is 0 Å². The van der Waals surface area contributed by atoms with Gasteiger partial charge in [-0.2, -0.15) is 0 Å². The van der Waals surface area contributed by atoms with Gasteiger partial charge in [-0.05, 0) is 47.7 Å². The number of rotatable bonds is 4. The highest BCUT2D eigenvalue weighted by molar-refractivity contribution is 6.30. The summed E-state index contributed by atoms with van der Waals surface area (Å²) in [6.07, 6.45) is 1.67. The number of fused-ring (bicyclic) bond motifs is 1. The summed E-state index contributed by atoms with van der Waals surface area (Å²) in [6.45, 7) is 3.74. The van der Waals surface area contributed by atoms with Crippen molar-refractivity contribution in [2.75, 3.05) is 33.2 Å². The van der Waals surface area contributed by atoms with E-state index in [2.05, 4.69) is 22.3 Å². The molecule has 30 heavy (non-hydrogen) atoms. The molecular formula is C22H27Cl3FN3O. The fourth-order valence-electron chi connectivity index (χ4n) is 4.69. The first kappa shape index (κ1) is 24.9. The van der Waals surface area contributed by atoms with Crippen LogP contribution in [-0.2, 0) is 23.3 Å². The van der Waals surface area contributed by atoms with Gasteiger partial charge in [0, 0.05) is 44.8 Å². The number of nitrogens with zero attached hydrogens (tertiary/aromatic N) is 2. The smallest absolute Gasteiger partial charge is 0.247 e. The van der Waals surface area contributed by atoms with Gasteiger partial charge in [0.25, 0.3) is 0 Å². The van der Waals surface area contributed by atoms with Crippen molar-refractivity contribution in [3.63, 3.8) is 0 Å². The first-order chi connectivity index (χ1) is 13.5. The van der Waals surface area contributed by atoms with Crippen molar-refractivity contribution in [3.8, 4) is 0 Å². The summed E-state index contributed by atoms with van der Waals surface area (Å²) in [5, 5.41) is 3.72. The quantitative estimate of drug-likeness (QED) is 0.727. The molecule has 8 heteroatoms. The number of hydrogen-bond donors (Lipinski definition) is 1. The monoisotopic (exact) mass is 473 g/mol. The molecule has 1 unspecified atom stereocenters. The Balaban J connectivity index is 0.00000160. The van der Waals surface area contributed by atoms with E-state index < -0.39 is 5.54 Å². The van der Waals surface area contributed by atoms with Gasteiger partial charge in [-0.15, -0.1) is 24.8 Å². The Kier molecular flexibility index (Phi) is 8.54. The van der Waals surface area contributed by atoms with Crippen molar-refractivity contribution >= 4 is 42.3 Å². The summed E-state index contributed by atoms with van der Waals surface area (Å²) in [5.74, 6) is -0.314. The number of halogens is 4. The molecule has 164 valence electrons. The van der Waals surface area contributed by atoms with Gasteiger partial charge < -0.3 is 10.2 Å². The van der Waals surface area contributed by atoms with E-state index in [-0.39, 0.29) is 36.5 Å². The lowest BCUT2D eigenvalue weighted by Crippen LogP contribution is -2.60. The summed E-state index contributed by atoms with van der Waals surface area (Å²) in [4.78, 5) is 17.9. The van der Waals surface area contributed by atoms with Crippen molar-refractivity contribution < 1.29 is 9.18 Å². The van der Waals surface area contributed by atoms with Gasteiger partial charge in [0.1, 0.15) is 11.4 Å². The van der Waals surface area contributed by atoms with Crippen LogP contribution in [0.15, 0.2) is 42.5 Å². The molecule has 0 bridgehead atoms. The predicted octanol–water partition coefficient (Wildman–Crippen LogP) is 4.03. The largest absolute Gasteiger partial charge is 0.340 e. The van der Waals surface area contributed by atoms with Gasteiger partial charge in [0.05, 0.1) is 0 Å². The van der Waals surface area contributed by atoms with Crippen LogP contribution in [0.1, 0.15) is 23.1 Å². The molecular weight excluding hydrogens is 448 g/mol. The second-order valence-electron chi connectivity index (χ2n) is 7.69. The van der Waals surface area contributed by atoms with E-state index in [0.717, 1.165) is 44.6 Å². The molecule has 1 heterocycles. The normalized spacial score (nSPS) is 20.6. The van der Waals surface area contributed by atoms with Gasteiger partial charge in [-0.3, -0.25) is 9.69 Å². The lowest BCUT2D eigenvalue weighted by atomic mass is 9.87. The third-order valence-electron chi connectivity index (χ3n) is 5.92. The minimum Gasteiger partial charge on any atom is -0.340 e. The zero-order valence-corrected chi connectivity index (χ0v) is 19.3. The summed E-state index contributed by atoms with van der Waals surface area (Å²) in [6, 6.07) is 12.7. The number of carbonyl (C=O) groups excluding carboxylic acids is 1. The predicted molar refractivity (Wildman–Crippen MR) is 123 cm³/mol. The van der Waals surface area contributed by atoms with Crippen molar-refractivity contribution in [3.05, 3.63) is 70.0 Å². The molecule has 1 aliphatic heterocycles. The molecule has 0 spiro atoms. The average Bonchev–Trinajstić information content (AvgIpc) is 3.08. The number of amides is 1. The summed E-state index contributed by atoms with van der Waals surface area (Å²) in [5.41, 5.74) is 2.41. The molecule has 1 amide bonds. The molecule has 0 saturated carbocycles. The molecule has 1 aliphatic carbocycles. The van der Waals surface area contributed by atoms with E-state index in [4.69, 9.17) is 11.6 Å². The molecule has 1 saturated heterocycles. The standard InChI is InChI=1S/C22H25ClFN3O.2ClH/c1-26(15-16-12-18(23)14-19(24)13-16)21(28)22(27-10-8-25-9-11-27)7-6-17-4-2-3-5-20(17)22;;/h2-5,12-14,25H,6-11,15H2,1H3;2*1H. The topological polar surface area (TPSA) is 35.6 Å². The van der Waals surface area contributed by atoms with Gasteiger partial charge in [-0.1, -0.05) is 35.9 Å². The van der Waals surface area contributed by atoms with Crippen LogP contribution < -0.4 is 5.32 Å². The average molecular weight is 475 g/mol. The minimum atomic E-state index is -0.648.